The number of esters is 1. The van der Waals surface area contributed by atoms with Crippen LogP contribution >= 0.6 is 23.2 Å². The Kier molecular flexibility index (Phi) is 4.83. The van der Waals surface area contributed by atoms with Crippen molar-refractivity contribution >= 4 is 29.2 Å². The average Bonchev–Trinajstić information content (AvgIpc) is 2.41. The van der Waals surface area contributed by atoms with Crippen LogP contribution in [0.5, 0.6) is 5.75 Å². The van der Waals surface area contributed by atoms with Gasteiger partial charge in [-0.2, -0.15) is 0 Å². The van der Waals surface area contributed by atoms with Crippen molar-refractivity contribution in [2.45, 2.75) is 12.8 Å². The van der Waals surface area contributed by atoms with Gasteiger partial charge in [-0.1, -0.05) is 53.5 Å². The molecule has 4 heteroatoms. The van der Waals surface area contributed by atoms with Crippen LogP contribution < -0.4 is 4.74 Å². The molecular formula is C15H12Cl2O2. The fourth-order valence-electron chi connectivity index (χ4n) is 1.62. The van der Waals surface area contributed by atoms with Gasteiger partial charge in [-0.15, -0.1) is 0 Å². The van der Waals surface area contributed by atoms with E-state index in [1.165, 1.54) is 0 Å². The number of hydrogen-bond acceptors (Lipinski definition) is 2. The lowest BCUT2D eigenvalue weighted by atomic mass is 10.1. The summed E-state index contributed by atoms with van der Waals surface area (Å²) < 4.78 is 5.19. The molecular weight excluding hydrogens is 283 g/mol. The van der Waals surface area contributed by atoms with Crippen molar-refractivity contribution in [3.05, 3.63) is 64.1 Å². The Bertz CT molecular complexity index is 568. The summed E-state index contributed by atoms with van der Waals surface area (Å²) in [7, 11) is 0. The third-order valence-corrected chi connectivity index (χ3v) is 3.11. The summed E-state index contributed by atoms with van der Waals surface area (Å²) in [4.78, 5) is 11.7. The molecule has 2 nitrogen and oxygen atoms in total. The van der Waals surface area contributed by atoms with Crippen LogP contribution in [0.25, 0.3) is 0 Å². The average molecular weight is 295 g/mol. The van der Waals surface area contributed by atoms with E-state index in [-0.39, 0.29) is 5.97 Å². The van der Waals surface area contributed by atoms with Gasteiger partial charge in [0.1, 0.15) is 5.75 Å². The Labute approximate surface area is 121 Å². The van der Waals surface area contributed by atoms with Crippen molar-refractivity contribution in [2.75, 3.05) is 0 Å². The predicted molar refractivity (Wildman–Crippen MR) is 76.9 cm³/mol. The molecule has 2 rings (SSSR count). The van der Waals surface area contributed by atoms with Crippen molar-refractivity contribution in [3.63, 3.8) is 0 Å². The number of rotatable bonds is 4. The van der Waals surface area contributed by atoms with Gasteiger partial charge in [0.25, 0.3) is 0 Å². The molecule has 0 fully saturated rings. The van der Waals surface area contributed by atoms with Crippen molar-refractivity contribution in [3.8, 4) is 5.75 Å². The second-order valence-corrected chi connectivity index (χ2v) is 4.88. The molecule has 0 radical (unpaired) electrons. The van der Waals surface area contributed by atoms with Crippen LogP contribution in [0, 0.1) is 0 Å². The van der Waals surface area contributed by atoms with Gasteiger partial charge in [0, 0.05) is 11.4 Å². The molecule has 0 aliphatic rings. The highest BCUT2D eigenvalue weighted by Crippen LogP contribution is 2.27. The molecule has 0 bridgehead atoms. The zero-order valence-electron chi connectivity index (χ0n) is 10.1. The van der Waals surface area contributed by atoms with Gasteiger partial charge in [0.05, 0.1) is 5.02 Å². The first-order valence-electron chi connectivity index (χ1n) is 5.85. The Morgan fingerprint density at radius 2 is 1.79 bits per heavy atom. The lowest BCUT2D eigenvalue weighted by molar-refractivity contribution is -0.134. The number of halogens is 2. The zero-order valence-corrected chi connectivity index (χ0v) is 11.6. The number of aryl methyl sites for hydroxylation is 1. The fourth-order valence-corrected chi connectivity index (χ4v) is 2.07. The highest BCUT2D eigenvalue weighted by molar-refractivity contribution is 6.35. The summed E-state index contributed by atoms with van der Waals surface area (Å²) in [5.41, 5.74) is 1.10. The van der Waals surface area contributed by atoms with E-state index in [1.807, 2.05) is 30.3 Å². The summed E-state index contributed by atoms with van der Waals surface area (Å²) in [6.45, 7) is 0. The van der Waals surface area contributed by atoms with Gasteiger partial charge in [-0.25, -0.2) is 0 Å². The molecule has 0 atom stereocenters. The molecule has 0 heterocycles. The smallest absolute Gasteiger partial charge is 0.311 e. The zero-order chi connectivity index (χ0) is 13.7. The van der Waals surface area contributed by atoms with Crippen molar-refractivity contribution in [1.82, 2.24) is 0 Å². The normalized spacial score (nSPS) is 10.2. The fraction of sp³-hybridized carbons (Fsp3) is 0.133. The van der Waals surface area contributed by atoms with Crippen LogP contribution in [-0.2, 0) is 11.2 Å². The molecule has 0 unspecified atom stereocenters. The van der Waals surface area contributed by atoms with E-state index in [0.29, 0.717) is 28.6 Å². The molecule has 2 aromatic rings. The van der Waals surface area contributed by atoms with E-state index in [4.69, 9.17) is 27.9 Å². The van der Waals surface area contributed by atoms with Crippen LogP contribution in [0.4, 0.5) is 0 Å². The molecule has 0 aliphatic carbocycles. The van der Waals surface area contributed by atoms with E-state index in [1.54, 1.807) is 18.2 Å². The number of carbonyl (C=O) groups is 1. The number of ether oxygens (including phenoxy) is 1. The summed E-state index contributed by atoms with van der Waals surface area (Å²) in [6, 6.07) is 14.5. The molecule has 98 valence electrons. The standard InChI is InChI=1S/C15H12Cl2O2/c16-12-7-8-14(13(17)10-12)19-15(18)9-6-11-4-2-1-3-5-11/h1-5,7-8,10H,6,9H2. The minimum absolute atomic E-state index is 0.309. The number of carbonyl (C=O) groups excluding carboxylic acids is 1. The highest BCUT2D eigenvalue weighted by Gasteiger charge is 2.09. The molecule has 0 saturated heterocycles. The second-order valence-electron chi connectivity index (χ2n) is 4.03. The van der Waals surface area contributed by atoms with Crippen molar-refractivity contribution < 1.29 is 9.53 Å². The summed E-state index contributed by atoms with van der Waals surface area (Å²) in [5.74, 6) is 0.0252. The third kappa shape index (κ3) is 4.27. The second kappa shape index (κ2) is 6.60. The predicted octanol–water partition coefficient (Wildman–Crippen LogP) is 4.53. The molecule has 0 amide bonds. The molecule has 2 aromatic carbocycles. The third-order valence-electron chi connectivity index (χ3n) is 2.58. The summed E-state index contributed by atoms with van der Waals surface area (Å²) in [6.07, 6.45) is 0.952. The van der Waals surface area contributed by atoms with Gasteiger partial charge in [-0.05, 0) is 30.2 Å². The minimum atomic E-state index is -0.312. The Morgan fingerprint density at radius 1 is 1.05 bits per heavy atom. The molecule has 0 spiro atoms. The first-order valence-corrected chi connectivity index (χ1v) is 6.60. The van der Waals surface area contributed by atoms with Crippen LogP contribution in [0.3, 0.4) is 0 Å². The van der Waals surface area contributed by atoms with Crippen LogP contribution in [0.2, 0.25) is 10.0 Å². The molecule has 19 heavy (non-hydrogen) atoms. The molecule has 0 aliphatic heterocycles. The highest BCUT2D eigenvalue weighted by atomic mass is 35.5. The lowest BCUT2D eigenvalue weighted by Crippen LogP contribution is -2.09. The summed E-state index contributed by atoms with van der Waals surface area (Å²) in [5, 5.41) is 0.842. The maximum absolute atomic E-state index is 11.7. The van der Waals surface area contributed by atoms with Crippen LogP contribution in [0.1, 0.15) is 12.0 Å². The van der Waals surface area contributed by atoms with Crippen molar-refractivity contribution in [2.24, 2.45) is 0 Å². The number of benzene rings is 2. The summed E-state index contributed by atoms with van der Waals surface area (Å²) >= 11 is 11.7. The molecule has 0 aromatic heterocycles. The minimum Gasteiger partial charge on any atom is -0.425 e. The van der Waals surface area contributed by atoms with E-state index in [0.717, 1.165) is 5.56 Å². The molecule has 0 N–H and O–H groups in total. The Hall–Kier alpha value is -1.51. The SMILES string of the molecule is O=C(CCc1ccccc1)Oc1ccc(Cl)cc1Cl. The number of hydrogen-bond donors (Lipinski definition) is 0. The van der Waals surface area contributed by atoms with Gasteiger partial charge in [-0.3, -0.25) is 4.79 Å². The Balaban J connectivity index is 1.91. The quantitative estimate of drug-likeness (QED) is 0.612. The van der Waals surface area contributed by atoms with Gasteiger partial charge < -0.3 is 4.74 Å². The lowest BCUT2D eigenvalue weighted by Gasteiger charge is -2.06. The topological polar surface area (TPSA) is 26.3 Å². The van der Waals surface area contributed by atoms with Gasteiger partial charge in [0.15, 0.2) is 0 Å². The largest absolute Gasteiger partial charge is 0.425 e. The molecule has 0 saturated carbocycles. The van der Waals surface area contributed by atoms with E-state index >= 15 is 0 Å². The first-order chi connectivity index (χ1) is 9.15. The Morgan fingerprint density at radius 3 is 2.47 bits per heavy atom. The van der Waals surface area contributed by atoms with Gasteiger partial charge >= 0.3 is 5.97 Å². The maximum Gasteiger partial charge on any atom is 0.311 e. The van der Waals surface area contributed by atoms with E-state index in [9.17, 15) is 4.79 Å². The van der Waals surface area contributed by atoms with Gasteiger partial charge in [0.2, 0.25) is 0 Å². The van der Waals surface area contributed by atoms with Crippen LogP contribution in [0.15, 0.2) is 48.5 Å². The van der Waals surface area contributed by atoms with Crippen LogP contribution in [-0.4, -0.2) is 5.97 Å². The maximum atomic E-state index is 11.7. The first kappa shape index (κ1) is 13.9. The monoisotopic (exact) mass is 294 g/mol. The van der Waals surface area contributed by atoms with E-state index in [2.05, 4.69) is 0 Å². The van der Waals surface area contributed by atoms with Crippen molar-refractivity contribution in [1.29, 1.82) is 0 Å². The van der Waals surface area contributed by atoms with E-state index < -0.39 is 0 Å².